The van der Waals surface area contributed by atoms with Gasteiger partial charge in [-0.3, -0.25) is 14.4 Å². The molecule has 7 heteroatoms. The highest BCUT2D eigenvalue weighted by Crippen LogP contribution is 2.75. The van der Waals surface area contributed by atoms with Crippen LogP contribution < -0.4 is 5.32 Å². The molecule has 0 bridgehead atoms. The summed E-state index contributed by atoms with van der Waals surface area (Å²) < 4.78 is 5.87. The molecule has 0 heterocycles. The predicted octanol–water partition coefficient (Wildman–Crippen LogP) is 9.84. The molecule has 5 nitrogen and oxygen atoms in total. The highest BCUT2D eigenvalue weighted by atomic mass is 35.5. The van der Waals surface area contributed by atoms with Gasteiger partial charge in [-0.25, -0.2) is 0 Å². The van der Waals surface area contributed by atoms with Gasteiger partial charge in [-0.1, -0.05) is 77.2 Å². The van der Waals surface area contributed by atoms with Gasteiger partial charge in [0.1, 0.15) is 6.10 Å². The van der Waals surface area contributed by atoms with Crippen molar-refractivity contribution in [1.29, 1.82) is 0 Å². The molecule has 5 aliphatic rings. The third-order valence-electron chi connectivity index (χ3n) is 14.5. The lowest BCUT2D eigenvalue weighted by molar-refractivity contribution is -0.210. The van der Waals surface area contributed by atoms with E-state index in [0.717, 1.165) is 57.8 Å². The van der Waals surface area contributed by atoms with Crippen LogP contribution in [0, 0.1) is 50.2 Å². The normalized spacial score (nSPS) is 43.5. The van der Waals surface area contributed by atoms with Crippen molar-refractivity contribution in [3.8, 4) is 0 Å². The van der Waals surface area contributed by atoms with Gasteiger partial charge in [0, 0.05) is 29.4 Å². The van der Waals surface area contributed by atoms with Crippen LogP contribution in [0.3, 0.4) is 0 Å². The number of halogens is 2. The lowest BCUT2D eigenvalue weighted by Gasteiger charge is -2.70. The minimum absolute atomic E-state index is 0.00169. The van der Waals surface area contributed by atoms with Crippen molar-refractivity contribution in [2.24, 2.45) is 50.2 Å². The van der Waals surface area contributed by atoms with Crippen LogP contribution in [-0.2, 0) is 19.1 Å². The molecule has 6 rings (SSSR count). The highest BCUT2D eigenvalue weighted by molar-refractivity contribution is 6.42. The first-order valence-corrected chi connectivity index (χ1v) is 17.8. The van der Waals surface area contributed by atoms with E-state index in [2.05, 4.69) is 59.9 Å². The average Bonchev–Trinajstić information content (AvgIpc) is 2.94. The van der Waals surface area contributed by atoms with E-state index in [0.29, 0.717) is 21.7 Å². The molecule has 9 atom stereocenters. The zero-order valence-corrected chi connectivity index (χ0v) is 29.9. The van der Waals surface area contributed by atoms with Crippen LogP contribution >= 0.6 is 23.2 Å². The minimum Gasteiger partial charge on any atom is -0.462 e. The van der Waals surface area contributed by atoms with E-state index in [1.165, 1.54) is 12.5 Å². The Labute approximate surface area is 279 Å². The van der Waals surface area contributed by atoms with Crippen LogP contribution in [0.1, 0.15) is 113 Å². The number of fused-ring (bicyclic) bond motifs is 7. The monoisotopic (exact) mass is 655 g/mol. The van der Waals surface area contributed by atoms with Crippen LogP contribution in [0.2, 0.25) is 10.0 Å². The van der Waals surface area contributed by atoms with Gasteiger partial charge >= 0.3 is 5.97 Å². The largest absolute Gasteiger partial charge is 0.462 e. The van der Waals surface area contributed by atoms with Crippen molar-refractivity contribution in [3.05, 3.63) is 39.9 Å². The van der Waals surface area contributed by atoms with Crippen LogP contribution in [-0.4, -0.2) is 23.8 Å². The third kappa shape index (κ3) is 4.79. The van der Waals surface area contributed by atoms with Crippen molar-refractivity contribution in [2.75, 3.05) is 5.32 Å². The van der Waals surface area contributed by atoms with Gasteiger partial charge < -0.3 is 10.1 Å². The fourth-order valence-electron chi connectivity index (χ4n) is 11.6. The van der Waals surface area contributed by atoms with Crippen molar-refractivity contribution in [1.82, 2.24) is 0 Å². The molecule has 0 unspecified atom stereocenters. The Balaban J connectivity index is 1.34. The maximum Gasteiger partial charge on any atom is 0.302 e. The summed E-state index contributed by atoms with van der Waals surface area (Å²) in [6.07, 6.45) is 10.3. The molecule has 1 N–H and O–H groups in total. The van der Waals surface area contributed by atoms with Gasteiger partial charge in [0.2, 0.25) is 5.91 Å². The first-order chi connectivity index (χ1) is 20.8. The molecule has 4 saturated carbocycles. The molecule has 0 spiro atoms. The molecule has 4 fully saturated rings. The van der Waals surface area contributed by atoms with E-state index in [1.807, 2.05) is 0 Å². The molecule has 5 aliphatic carbocycles. The van der Waals surface area contributed by atoms with E-state index in [-0.39, 0.29) is 62.7 Å². The van der Waals surface area contributed by atoms with Crippen LogP contribution in [0.15, 0.2) is 29.8 Å². The number of allylic oxidation sites excluding steroid dienone is 2. The summed E-state index contributed by atoms with van der Waals surface area (Å²) >= 11 is 12.4. The standard InChI is InChI=1S/C38H51Cl2NO4/c1-22(42)45-30-12-13-36(6)29(33(30,2)3)11-14-38(8)31(36)28(43)20-24-25-21-35(5,16-15-34(25,4)17-18-37(24,38)7)32(44)41-23-9-10-26(39)27(40)19-23/h9-10,19-20,25,29-31H,11-18,21H2,1-8H3,(H,41,44)/t25-,29+,30+,31+,34-,35+,36+,37-,38+/m0/s1. The number of ketones is 1. The molecular weight excluding hydrogens is 605 g/mol. The van der Waals surface area contributed by atoms with Crippen molar-refractivity contribution < 1.29 is 19.1 Å². The molecule has 0 saturated heterocycles. The second-order valence-electron chi connectivity index (χ2n) is 17.3. The SMILES string of the molecule is CC(=O)O[C@@H]1CC[C@]2(C)[C@H](CC[C@]3(C)[C@@H]2C(=O)C=C2[C@@H]4C[C@](C)(C(=O)Nc5ccc(Cl)c(Cl)c5)CC[C@@]4(C)CC[C@@]23C)C1(C)C. The fourth-order valence-corrected chi connectivity index (χ4v) is 11.9. The van der Waals surface area contributed by atoms with E-state index in [9.17, 15) is 14.4 Å². The molecule has 1 aromatic carbocycles. The van der Waals surface area contributed by atoms with Crippen LogP contribution in [0.25, 0.3) is 0 Å². The van der Waals surface area contributed by atoms with Gasteiger partial charge in [-0.2, -0.15) is 0 Å². The maximum atomic E-state index is 14.7. The number of benzene rings is 1. The molecule has 0 aliphatic heterocycles. The van der Waals surface area contributed by atoms with Gasteiger partial charge in [0.15, 0.2) is 5.78 Å². The van der Waals surface area contributed by atoms with E-state index in [4.69, 9.17) is 27.9 Å². The summed E-state index contributed by atoms with van der Waals surface area (Å²) in [5.74, 6) is 0.435. The van der Waals surface area contributed by atoms with Crippen molar-refractivity contribution in [3.63, 3.8) is 0 Å². The average molecular weight is 657 g/mol. The summed E-state index contributed by atoms with van der Waals surface area (Å²) in [5.41, 5.74) is 0.752. The van der Waals surface area contributed by atoms with E-state index < -0.39 is 5.41 Å². The van der Waals surface area contributed by atoms with E-state index >= 15 is 0 Å². The molecular formula is C38H51Cl2NO4. The fraction of sp³-hybridized carbons (Fsp3) is 0.711. The van der Waals surface area contributed by atoms with Gasteiger partial charge in [0.25, 0.3) is 0 Å². The number of ether oxygens (including phenoxy) is 1. The third-order valence-corrected chi connectivity index (χ3v) is 15.3. The molecule has 0 aromatic heterocycles. The van der Waals surface area contributed by atoms with Crippen LogP contribution in [0.5, 0.6) is 0 Å². The number of carbonyl (C=O) groups excluding carboxylic acids is 3. The van der Waals surface area contributed by atoms with Gasteiger partial charge in [-0.15, -0.1) is 0 Å². The van der Waals surface area contributed by atoms with Gasteiger partial charge in [-0.05, 0) is 116 Å². The number of rotatable bonds is 3. The Hall–Kier alpha value is -1.85. The summed E-state index contributed by atoms with van der Waals surface area (Å²) in [4.78, 5) is 40.6. The molecule has 1 aromatic rings. The molecule has 45 heavy (non-hydrogen) atoms. The first kappa shape index (κ1) is 33.1. The number of esters is 1. The number of anilines is 1. The van der Waals surface area contributed by atoms with Crippen molar-refractivity contribution in [2.45, 2.75) is 119 Å². The zero-order valence-electron chi connectivity index (χ0n) is 28.4. The van der Waals surface area contributed by atoms with Gasteiger partial charge in [0.05, 0.1) is 10.0 Å². The smallest absolute Gasteiger partial charge is 0.302 e. The Kier molecular flexibility index (Phi) is 7.77. The minimum atomic E-state index is -0.570. The number of carbonyl (C=O) groups is 3. The maximum absolute atomic E-state index is 14.7. The summed E-state index contributed by atoms with van der Waals surface area (Å²) in [7, 11) is 0. The summed E-state index contributed by atoms with van der Waals surface area (Å²) in [5, 5.41) is 4.01. The topological polar surface area (TPSA) is 72.5 Å². The van der Waals surface area contributed by atoms with Crippen LogP contribution in [0.4, 0.5) is 5.69 Å². The molecule has 1 amide bonds. The second kappa shape index (κ2) is 10.6. The Morgan fingerprint density at radius 3 is 2.24 bits per heavy atom. The Morgan fingerprint density at radius 2 is 1.58 bits per heavy atom. The number of hydrogen-bond donors (Lipinski definition) is 1. The molecule has 246 valence electrons. The number of nitrogens with one attached hydrogen (secondary N) is 1. The summed E-state index contributed by atoms with van der Waals surface area (Å²) in [6, 6.07) is 5.21. The zero-order chi connectivity index (χ0) is 33.0. The Bertz CT molecular complexity index is 1490. The number of hydrogen-bond acceptors (Lipinski definition) is 4. The second-order valence-corrected chi connectivity index (χ2v) is 18.1. The Morgan fingerprint density at radius 1 is 0.889 bits per heavy atom. The number of amides is 1. The predicted molar refractivity (Wildman–Crippen MR) is 180 cm³/mol. The van der Waals surface area contributed by atoms with E-state index in [1.54, 1.807) is 18.2 Å². The lowest BCUT2D eigenvalue weighted by atomic mass is 9.33. The summed E-state index contributed by atoms with van der Waals surface area (Å²) in [6.45, 7) is 17.7. The quantitative estimate of drug-likeness (QED) is 0.329. The van der Waals surface area contributed by atoms with Crippen molar-refractivity contribution >= 4 is 46.5 Å². The lowest BCUT2D eigenvalue weighted by Crippen LogP contribution is -2.66. The molecule has 0 radical (unpaired) electrons. The highest BCUT2D eigenvalue weighted by Gasteiger charge is 2.70. The first-order valence-electron chi connectivity index (χ1n) is 17.0.